The van der Waals surface area contributed by atoms with Crippen molar-refractivity contribution in [3.63, 3.8) is 0 Å². The van der Waals surface area contributed by atoms with Gasteiger partial charge in [-0.3, -0.25) is 4.98 Å². The van der Waals surface area contributed by atoms with Crippen LogP contribution < -0.4 is 15.5 Å². The smallest absolute Gasteiger partial charge is 0.162 e. The van der Waals surface area contributed by atoms with Crippen LogP contribution in [-0.2, 0) is 0 Å². The van der Waals surface area contributed by atoms with Crippen molar-refractivity contribution in [2.24, 2.45) is 5.92 Å². The molecular weight excluding hydrogens is 376 g/mol. The van der Waals surface area contributed by atoms with Crippen LogP contribution >= 0.6 is 0 Å². The Morgan fingerprint density at radius 2 is 2.03 bits per heavy atom. The van der Waals surface area contributed by atoms with E-state index in [-0.39, 0.29) is 0 Å². The predicted molar refractivity (Wildman–Crippen MR) is 118 cm³/mol. The van der Waals surface area contributed by atoms with E-state index in [9.17, 15) is 0 Å². The number of anilines is 3. The monoisotopic (exact) mass is 400 g/mol. The molecule has 4 heterocycles. The number of hydrogen-bond acceptors (Lipinski definition) is 7. The molecular formula is C22H24N8. The molecule has 2 N–H and O–H groups in total. The topological polar surface area (TPSA) is 83.8 Å². The second-order valence-electron chi connectivity index (χ2n) is 7.62. The molecule has 0 spiro atoms. The summed E-state index contributed by atoms with van der Waals surface area (Å²) in [5.41, 5.74) is 2.00. The van der Waals surface area contributed by atoms with Crippen molar-refractivity contribution < 1.29 is 0 Å². The van der Waals surface area contributed by atoms with Crippen molar-refractivity contribution in [3.05, 3.63) is 61.2 Å². The van der Waals surface area contributed by atoms with Gasteiger partial charge in [0.05, 0.1) is 17.4 Å². The molecule has 1 unspecified atom stereocenters. The number of hydrogen-bond donors (Lipinski definition) is 2. The SMILES string of the molecule is CC1CNCCN(c2cc(-n3nc(Nc4cnccn4)c4ccccc43)ccn2)C1. The number of para-hydroxylation sites is 1. The van der Waals surface area contributed by atoms with Crippen LogP contribution in [0.4, 0.5) is 17.5 Å². The van der Waals surface area contributed by atoms with Gasteiger partial charge < -0.3 is 15.5 Å². The average Bonchev–Trinajstić information content (AvgIpc) is 3.00. The zero-order chi connectivity index (χ0) is 20.3. The highest BCUT2D eigenvalue weighted by Gasteiger charge is 2.17. The van der Waals surface area contributed by atoms with E-state index >= 15 is 0 Å². The van der Waals surface area contributed by atoms with Gasteiger partial charge in [0.2, 0.25) is 0 Å². The first-order valence-electron chi connectivity index (χ1n) is 10.2. The lowest BCUT2D eigenvalue weighted by Gasteiger charge is -2.23. The first-order valence-corrected chi connectivity index (χ1v) is 10.2. The maximum absolute atomic E-state index is 4.85. The van der Waals surface area contributed by atoms with Gasteiger partial charge in [-0.25, -0.2) is 14.6 Å². The second-order valence-corrected chi connectivity index (χ2v) is 7.62. The van der Waals surface area contributed by atoms with Crippen molar-refractivity contribution >= 4 is 28.4 Å². The van der Waals surface area contributed by atoms with Crippen LogP contribution in [0.2, 0.25) is 0 Å². The molecule has 0 aliphatic carbocycles. The summed E-state index contributed by atoms with van der Waals surface area (Å²) in [6.45, 7) is 6.20. The van der Waals surface area contributed by atoms with E-state index in [1.807, 2.05) is 29.1 Å². The number of benzene rings is 1. The second kappa shape index (κ2) is 8.08. The highest BCUT2D eigenvalue weighted by molar-refractivity contribution is 5.92. The summed E-state index contributed by atoms with van der Waals surface area (Å²) < 4.78 is 1.96. The van der Waals surface area contributed by atoms with Crippen LogP contribution in [0, 0.1) is 5.92 Å². The number of fused-ring (bicyclic) bond motifs is 1. The highest BCUT2D eigenvalue weighted by Crippen LogP contribution is 2.28. The van der Waals surface area contributed by atoms with E-state index < -0.39 is 0 Å². The van der Waals surface area contributed by atoms with Crippen molar-refractivity contribution in [2.75, 3.05) is 36.4 Å². The summed E-state index contributed by atoms with van der Waals surface area (Å²) in [5.74, 6) is 2.96. The van der Waals surface area contributed by atoms with E-state index in [4.69, 9.17) is 5.10 Å². The normalized spacial score (nSPS) is 17.1. The molecule has 1 aromatic carbocycles. The lowest BCUT2D eigenvalue weighted by molar-refractivity contribution is 0.563. The van der Waals surface area contributed by atoms with Crippen LogP contribution in [0.3, 0.4) is 0 Å². The Kier molecular flexibility index (Phi) is 4.98. The molecule has 1 saturated heterocycles. The lowest BCUT2D eigenvalue weighted by atomic mass is 10.2. The summed E-state index contributed by atoms with van der Waals surface area (Å²) in [4.78, 5) is 15.4. The van der Waals surface area contributed by atoms with Gasteiger partial charge in [-0.05, 0) is 30.7 Å². The molecule has 1 aliphatic heterocycles. The van der Waals surface area contributed by atoms with E-state index in [0.717, 1.165) is 54.4 Å². The van der Waals surface area contributed by atoms with E-state index in [2.05, 4.69) is 55.6 Å². The molecule has 3 aromatic heterocycles. The minimum absolute atomic E-state index is 0.575. The fourth-order valence-corrected chi connectivity index (χ4v) is 3.86. The summed E-state index contributed by atoms with van der Waals surface area (Å²) >= 11 is 0. The van der Waals surface area contributed by atoms with Gasteiger partial charge in [-0.1, -0.05) is 19.1 Å². The van der Waals surface area contributed by atoms with Gasteiger partial charge in [0.15, 0.2) is 5.82 Å². The molecule has 152 valence electrons. The third-order valence-corrected chi connectivity index (χ3v) is 5.28. The molecule has 0 saturated carbocycles. The number of nitrogens with one attached hydrogen (secondary N) is 2. The molecule has 0 bridgehead atoms. The average molecular weight is 400 g/mol. The first-order chi connectivity index (χ1) is 14.8. The molecule has 1 atom stereocenters. The fraction of sp³-hybridized carbons (Fsp3) is 0.273. The lowest BCUT2D eigenvalue weighted by Crippen LogP contribution is -2.30. The van der Waals surface area contributed by atoms with Gasteiger partial charge in [0.1, 0.15) is 11.6 Å². The third-order valence-electron chi connectivity index (χ3n) is 5.28. The number of aromatic nitrogens is 5. The highest BCUT2D eigenvalue weighted by atomic mass is 15.3. The van der Waals surface area contributed by atoms with Gasteiger partial charge in [-0.15, -0.1) is 5.10 Å². The van der Waals surface area contributed by atoms with Crippen molar-refractivity contribution in [2.45, 2.75) is 6.92 Å². The Labute approximate surface area is 175 Å². The Morgan fingerprint density at radius 1 is 1.10 bits per heavy atom. The molecule has 0 amide bonds. The fourth-order valence-electron chi connectivity index (χ4n) is 3.86. The third kappa shape index (κ3) is 3.69. The van der Waals surface area contributed by atoms with Crippen LogP contribution in [-0.4, -0.2) is 50.9 Å². The zero-order valence-electron chi connectivity index (χ0n) is 16.9. The molecule has 5 rings (SSSR count). The number of pyridine rings is 1. The standard InChI is InChI=1S/C22H24N8/c1-16-13-24-10-11-29(15-16)21-12-17(6-7-26-21)30-19-5-3-2-4-18(19)22(28-30)27-20-14-23-8-9-25-20/h2-9,12,14,16,24H,10-11,13,15H2,1H3,(H,25,27,28). The minimum Gasteiger partial charge on any atom is -0.355 e. The Balaban J connectivity index is 1.53. The van der Waals surface area contributed by atoms with Crippen LogP contribution in [0.15, 0.2) is 61.2 Å². The van der Waals surface area contributed by atoms with Gasteiger partial charge >= 0.3 is 0 Å². The van der Waals surface area contributed by atoms with E-state index in [0.29, 0.717) is 11.7 Å². The molecule has 30 heavy (non-hydrogen) atoms. The summed E-state index contributed by atoms with van der Waals surface area (Å²) in [5, 5.41) is 12.7. The van der Waals surface area contributed by atoms with E-state index in [1.54, 1.807) is 18.6 Å². The first kappa shape index (κ1) is 18.5. The molecule has 1 aliphatic rings. The molecule has 0 radical (unpaired) electrons. The maximum Gasteiger partial charge on any atom is 0.162 e. The zero-order valence-corrected chi connectivity index (χ0v) is 16.9. The molecule has 1 fully saturated rings. The number of rotatable bonds is 4. The van der Waals surface area contributed by atoms with Gasteiger partial charge in [0.25, 0.3) is 0 Å². The van der Waals surface area contributed by atoms with Gasteiger partial charge in [-0.2, -0.15) is 0 Å². The molecule has 8 heteroatoms. The van der Waals surface area contributed by atoms with Crippen molar-refractivity contribution in [1.29, 1.82) is 0 Å². The maximum atomic E-state index is 4.85. The Morgan fingerprint density at radius 3 is 2.93 bits per heavy atom. The van der Waals surface area contributed by atoms with Crippen molar-refractivity contribution in [1.82, 2.24) is 30.0 Å². The Bertz CT molecular complexity index is 1140. The predicted octanol–water partition coefficient (Wildman–Crippen LogP) is 3.00. The van der Waals surface area contributed by atoms with Crippen LogP contribution in [0.25, 0.3) is 16.6 Å². The molecule has 8 nitrogen and oxygen atoms in total. The number of nitrogens with zero attached hydrogens (tertiary/aromatic N) is 6. The summed E-state index contributed by atoms with van der Waals surface area (Å²) in [7, 11) is 0. The van der Waals surface area contributed by atoms with Crippen molar-refractivity contribution in [3.8, 4) is 5.69 Å². The molecule has 4 aromatic rings. The van der Waals surface area contributed by atoms with Crippen LogP contribution in [0.5, 0.6) is 0 Å². The largest absolute Gasteiger partial charge is 0.355 e. The van der Waals surface area contributed by atoms with Gasteiger partial charge in [0, 0.05) is 49.7 Å². The quantitative estimate of drug-likeness (QED) is 0.545. The Hall–Kier alpha value is -3.52. The van der Waals surface area contributed by atoms with Crippen LogP contribution in [0.1, 0.15) is 6.92 Å². The summed E-state index contributed by atoms with van der Waals surface area (Å²) in [6.07, 6.45) is 6.86. The minimum atomic E-state index is 0.575. The van der Waals surface area contributed by atoms with E-state index in [1.165, 1.54) is 0 Å². The summed E-state index contributed by atoms with van der Waals surface area (Å²) in [6, 6.07) is 12.3.